The average Bonchev–Trinajstić information content (AvgIpc) is 3.50. The number of fused-ring (bicyclic) bond motifs is 1. The van der Waals surface area contributed by atoms with Gasteiger partial charge >= 0.3 is 5.97 Å². The largest absolute Gasteiger partial charge is 0.480 e. The van der Waals surface area contributed by atoms with E-state index in [1.165, 1.54) is 0 Å². The van der Waals surface area contributed by atoms with Gasteiger partial charge in [0, 0.05) is 29.3 Å². The molecule has 11 nitrogen and oxygen atoms in total. The first kappa shape index (κ1) is 25.5. The van der Waals surface area contributed by atoms with Crippen LogP contribution in [0.15, 0.2) is 30.5 Å². The third-order valence-electron chi connectivity index (χ3n) is 5.72. The fraction of sp³-hybridized carbons (Fsp3) is 0.455. The van der Waals surface area contributed by atoms with Gasteiger partial charge in [0.05, 0.1) is 12.6 Å². The zero-order chi connectivity index (χ0) is 24.7. The van der Waals surface area contributed by atoms with Crippen LogP contribution in [0.4, 0.5) is 0 Å². The summed E-state index contributed by atoms with van der Waals surface area (Å²) in [5, 5.41) is 29.9. The molecule has 0 spiro atoms. The van der Waals surface area contributed by atoms with Gasteiger partial charge < -0.3 is 36.5 Å². The van der Waals surface area contributed by atoms with E-state index in [4.69, 9.17) is 0 Å². The minimum Gasteiger partial charge on any atom is -0.480 e. The summed E-state index contributed by atoms with van der Waals surface area (Å²) in [5.74, 6) is -3.13. The lowest BCUT2D eigenvalue weighted by Gasteiger charge is -2.24. The maximum Gasteiger partial charge on any atom is 0.328 e. The first-order valence-corrected chi connectivity index (χ1v) is 11.6. The van der Waals surface area contributed by atoms with Gasteiger partial charge in [-0.25, -0.2) is 4.79 Å². The number of carboxylic acid groups (broad SMARTS) is 1. The predicted molar refractivity (Wildman–Crippen MR) is 127 cm³/mol. The number of hydrogen-bond acceptors (Lipinski definition) is 7. The van der Waals surface area contributed by atoms with Crippen LogP contribution in [-0.4, -0.2) is 82.0 Å². The number of aliphatic carboxylic acids is 1. The minimum absolute atomic E-state index is 0.000108. The van der Waals surface area contributed by atoms with Crippen LogP contribution in [0.25, 0.3) is 10.9 Å². The monoisotopic (exact) mass is 491 g/mol. The predicted octanol–water partition coefficient (Wildman–Crippen LogP) is -1.08. The summed E-state index contributed by atoms with van der Waals surface area (Å²) in [7, 11) is 0. The van der Waals surface area contributed by atoms with Gasteiger partial charge in [0.1, 0.15) is 18.1 Å². The Morgan fingerprint density at radius 2 is 1.76 bits per heavy atom. The van der Waals surface area contributed by atoms with E-state index in [1.807, 2.05) is 24.3 Å². The molecule has 3 amide bonds. The van der Waals surface area contributed by atoms with Gasteiger partial charge in [-0.3, -0.25) is 14.4 Å². The number of rotatable bonds is 11. The normalized spacial score (nSPS) is 18.1. The number of nitrogens with one attached hydrogen (secondary N) is 5. The molecule has 0 aliphatic carbocycles. The summed E-state index contributed by atoms with van der Waals surface area (Å²) < 4.78 is 0. The van der Waals surface area contributed by atoms with Gasteiger partial charge in [-0.05, 0) is 31.0 Å². The summed E-state index contributed by atoms with van der Waals surface area (Å²) in [4.78, 5) is 52.7. The Morgan fingerprint density at radius 3 is 2.41 bits per heavy atom. The van der Waals surface area contributed by atoms with E-state index in [1.54, 1.807) is 6.20 Å². The molecule has 0 radical (unpaired) electrons. The Balaban J connectivity index is 1.77. The van der Waals surface area contributed by atoms with E-state index in [0.29, 0.717) is 6.42 Å². The van der Waals surface area contributed by atoms with E-state index in [0.717, 1.165) is 29.4 Å². The lowest BCUT2D eigenvalue weighted by atomic mass is 10.0. The molecule has 12 heteroatoms. The number of carbonyl (C=O) groups excluding carboxylic acids is 3. The number of amides is 3. The molecule has 0 bridgehead atoms. The molecule has 1 aliphatic heterocycles. The zero-order valence-corrected chi connectivity index (χ0v) is 19.3. The molecule has 4 atom stereocenters. The van der Waals surface area contributed by atoms with Crippen LogP contribution in [0.1, 0.15) is 18.4 Å². The van der Waals surface area contributed by atoms with Gasteiger partial charge in [0.25, 0.3) is 0 Å². The van der Waals surface area contributed by atoms with Crippen molar-refractivity contribution in [1.29, 1.82) is 0 Å². The number of aromatic amines is 1. The number of aliphatic hydroxyl groups is 1. The van der Waals surface area contributed by atoms with Crippen molar-refractivity contribution < 1.29 is 29.4 Å². The number of para-hydroxylation sites is 1. The summed E-state index contributed by atoms with van der Waals surface area (Å²) in [6.07, 6.45) is 3.28. The SMILES string of the molecule is O=C(O)C(CO)NC(=O)C(Cc1c[nH]c2ccccc12)NC(=O)C(CS)NC(=O)C1CCCN1. The van der Waals surface area contributed by atoms with Crippen molar-refractivity contribution in [2.75, 3.05) is 18.9 Å². The van der Waals surface area contributed by atoms with Crippen LogP contribution in [0, 0.1) is 0 Å². The summed E-state index contributed by atoms with van der Waals surface area (Å²) >= 11 is 4.17. The van der Waals surface area contributed by atoms with Gasteiger partial charge in [-0.15, -0.1) is 0 Å². The molecular weight excluding hydrogens is 462 g/mol. The van der Waals surface area contributed by atoms with Gasteiger partial charge in [-0.2, -0.15) is 12.6 Å². The average molecular weight is 492 g/mol. The summed E-state index contributed by atoms with van der Waals surface area (Å²) in [6.45, 7) is -0.0865. The number of thiol groups is 1. The quantitative estimate of drug-likeness (QED) is 0.185. The maximum atomic E-state index is 13.0. The number of aliphatic hydroxyl groups excluding tert-OH is 1. The van der Waals surface area contributed by atoms with Crippen LogP contribution < -0.4 is 21.3 Å². The smallest absolute Gasteiger partial charge is 0.328 e. The molecule has 2 heterocycles. The lowest BCUT2D eigenvalue weighted by molar-refractivity contribution is -0.143. The second-order valence-corrected chi connectivity index (χ2v) is 8.46. The van der Waals surface area contributed by atoms with Crippen molar-refractivity contribution in [3.8, 4) is 0 Å². The molecule has 1 aromatic carbocycles. The molecule has 3 rings (SSSR count). The maximum absolute atomic E-state index is 13.0. The molecule has 2 aromatic rings. The van der Waals surface area contributed by atoms with Crippen LogP contribution >= 0.6 is 12.6 Å². The zero-order valence-electron chi connectivity index (χ0n) is 18.4. The molecule has 1 aromatic heterocycles. The molecule has 184 valence electrons. The van der Waals surface area contributed by atoms with E-state index in [2.05, 4.69) is 38.9 Å². The highest BCUT2D eigenvalue weighted by Gasteiger charge is 2.31. The summed E-state index contributed by atoms with van der Waals surface area (Å²) in [5.41, 5.74) is 1.57. The Hall–Kier alpha value is -3.09. The molecule has 7 N–H and O–H groups in total. The fourth-order valence-electron chi connectivity index (χ4n) is 3.83. The first-order valence-electron chi connectivity index (χ1n) is 11.0. The Morgan fingerprint density at radius 1 is 1.06 bits per heavy atom. The third kappa shape index (κ3) is 6.27. The molecule has 4 unspecified atom stereocenters. The lowest BCUT2D eigenvalue weighted by Crippen LogP contribution is -2.58. The number of carbonyl (C=O) groups is 4. The van der Waals surface area contributed by atoms with Crippen LogP contribution in [0.2, 0.25) is 0 Å². The topological polar surface area (TPSA) is 173 Å². The fourth-order valence-corrected chi connectivity index (χ4v) is 4.09. The molecule has 1 saturated heterocycles. The molecule has 1 fully saturated rings. The van der Waals surface area contributed by atoms with Crippen LogP contribution in [-0.2, 0) is 25.6 Å². The Bertz CT molecular complexity index is 1040. The number of benzene rings is 1. The van der Waals surface area contributed by atoms with Crippen molar-refractivity contribution in [2.45, 2.75) is 43.4 Å². The van der Waals surface area contributed by atoms with Crippen molar-refractivity contribution in [1.82, 2.24) is 26.3 Å². The van der Waals surface area contributed by atoms with Crippen molar-refractivity contribution in [2.24, 2.45) is 0 Å². The highest BCUT2D eigenvalue weighted by atomic mass is 32.1. The molecule has 0 saturated carbocycles. The van der Waals surface area contributed by atoms with Gasteiger partial charge in [0.15, 0.2) is 0 Å². The van der Waals surface area contributed by atoms with E-state index < -0.39 is 42.5 Å². The van der Waals surface area contributed by atoms with E-state index >= 15 is 0 Å². The second-order valence-electron chi connectivity index (χ2n) is 8.10. The van der Waals surface area contributed by atoms with Gasteiger partial charge in [-0.1, -0.05) is 18.2 Å². The first-order chi connectivity index (χ1) is 16.3. The number of hydrogen-bond donors (Lipinski definition) is 8. The molecule has 34 heavy (non-hydrogen) atoms. The van der Waals surface area contributed by atoms with Crippen LogP contribution in [0.5, 0.6) is 0 Å². The standard InChI is InChI=1S/C22H29N5O6S/c28-10-17(22(32)33)26-20(30)16(8-12-9-24-14-5-2-1-4-13(12)14)25-21(31)18(11-34)27-19(29)15-6-3-7-23-15/h1-2,4-5,9,15-18,23-24,28,34H,3,6-8,10-11H2,(H,25,31)(H,26,30)(H,27,29)(H,32,33). The molecular formula is C22H29N5O6S. The highest BCUT2D eigenvalue weighted by Crippen LogP contribution is 2.19. The third-order valence-corrected chi connectivity index (χ3v) is 6.09. The van der Waals surface area contributed by atoms with Crippen molar-refractivity contribution >= 4 is 47.2 Å². The second kappa shape index (κ2) is 11.9. The van der Waals surface area contributed by atoms with E-state index in [-0.39, 0.29) is 24.1 Å². The Kier molecular flexibility index (Phi) is 8.91. The van der Waals surface area contributed by atoms with Gasteiger partial charge in [0.2, 0.25) is 17.7 Å². The molecule has 1 aliphatic rings. The van der Waals surface area contributed by atoms with Crippen LogP contribution in [0.3, 0.4) is 0 Å². The minimum atomic E-state index is -1.52. The van der Waals surface area contributed by atoms with E-state index in [9.17, 15) is 29.4 Å². The number of H-pyrrole nitrogens is 1. The van der Waals surface area contributed by atoms with Crippen molar-refractivity contribution in [3.63, 3.8) is 0 Å². The Labute approximate surface area is 201 Å². The highest BCUT2D eigenvalue weighted by molar-refractivity contribution is 7.80. The number of carboxylic acids is 1. The van der Waals surface area contributed by atoms with Crippen molar-refractivity contribution in [3.05, 3.63) is 36.0 Å². The number of aromatic nitrogens is 1. The summed E-state index contributed by atoms with van der Waals surface area (Å²) in [6, 6.07) is 3.34.